The Balaban J connectivity index is 1.93. The number of carboxylic acid groups (broad SMARTS) is 1. The van der Waals surface area contributed by atoms with E-state index in [1.54, 1.807) is 11.3 Å². The number of carboxylic acids is 1. The lowest BCUT2D eigenvalue weighted by Gasteiger charge is -2.18. The molecule has 0 atom stereocenters. The first kappa shape index (κ1) is 9.68. The highest BCUT2D eigenvalue weighted by atomic mass is 32.1. The molecule has 1 aliphatic carbocycles. The highest BCUT2D eigenvalue weighted by Crippen LogP contribution is 2.28. The van der Waals surface area contributed by atoms with Gasteiger partial charge in [0.15, 0.2) is 0 Å². The van der Waals surface area contributed by atoms with E-state index in [9.17, 15) is 4.79 Å². The predicted octanol–water partition coefficient (Wildman–Crippen LogP) is 1.80. The topological polar surface area (TPSA) is 40.5 Å². The zero-order valence-electron chi connectivity index (χ0n) is 7.85. The Hall–Kier alpha value is -0.870. The van der Waals surface area contributed by atoms with Crippen molar-refractivity contribution in [3.63, 3.8) is 0 Å². The van der Waals surface area contributed by atoms with Gasteiger partial charge in [0.1, 0.15) is 0 Å². The van der Waals surface area contributed by atoms with Crippen LogP contribution < -0.4 is 0 Å². The Bertz CT molecular complexity index is 306. The van der Waals surface area contributed by atoms with Crippen LogP contribution in [0, 0.1) is 0 Å². The predicted molar refractivity (Wildman–Crippen MR) is 55.4 cm³/mol. The molecule has 0 aliphatic heterocycles. The van der Waals surface area contributed by atoms with Gasteiger partial charge in [0, 0.05) is 12.6 Å². The number of nitrogens with zero attached hydrogens (tertiary/aromatic N) is 1. The minimum Gasteiger partial charge on any atom is -0.480 e. The molecule has 1 aromatic rings. The number of rotatable bonds is 5. The molecule has 76 valence electrons. The number of thiophene rings is 1. The molecule has 1 heterocycles. The summed E-state index contributed by atoms with van der Waals surface area (Å²) in [7, 11) is 0. The average molecular weight is 211 g/mol. The first-order valence-corrected chi connectivity index (χ1v) is 5.67. The molecule has 14 heavy (non-hydrogen) atoms. The van der Waals surface area contributed by atoms with Gasteiger partial charge in [0.2, 0.25) is 0 Å². The van der Waals surface area contributed by atoms with Crippen molar-refractivity contribution in [2.45, 2.75) is 25.4 Å². The van der Waals surface area contributed by atoms with Crippen LogP contribution in [0.4, 0.5) is 0 Å². The third-order valence-electron chi connectivity index (χ3n) is 2.37. The Morgan fingerprint density at radius 2 is 2.43 bits per heavy atom. The van der Waals surface area contributed by atoms with Crippen LogP contribution in [0.15, 0.2) is 16.8 Å². The maximum Gasteiger partial charge on any atom is 0.317 e. The standard InChI is InChI=1S/C10H13NO2S/c12-10(13)6-11(9-1-2-9)5-8-3-4-14-7-8/h3-4,7,9H,1-2,5-6H2,(H,12,13). The van der Waals surface area contributed by atoms with Crippen LogP contribution in [0.25, 0.3) is 0 Å². The molecule has 4 heteroatoms. The lowest BCUT2D eigenvalue weighted by molar-refractivity contribution is -0.138. The van der Waals surface area contributed by atoms with Gasteiger partial charge < -0.3 is 5.11 Å². The van der Waals surface area contributed by atoms with Crippen LogP contribution in [0.1, 0.15) is 18.4 Å². The normalized spacial score (nSPS) is 16.1. The molecule has 0 radical (unpaired) electrons. The van der Waals surface area contributed by atoms with Gasteiger partial charge in [-0.1, -0.05) is 0 Å². The molecule has 1 N–H and O–H groups in total. The van der Waals surface area contributed by atoms with Crippen LogP contribution in [0.5, 0.6) is 0 Å². The maximum absolute atomic E-state index is 10.6. The second kappa shape index (κ2) is 4.11. The maximum atomic E-state index is 10.6. The quantitative estimate of drug-likeness (QED) is 0.807. The van der Waals surface area contributed by atoms with Gasteiger partial charge in [-0.25, -0.2) is 0 Å². The van der Waals surface area contributed by atoms with E-state index in [1.165, 1.54) is 5.56 Å². The van der Waals surface area contributed by atoms with Crippen molar-refractivity contribution in [2.24, 2.45) is 0 Å². The van der Waals surface area contributed by atoms with Crippen molar-refractivity contribution in [3.05, 3.63) is 22.4 Å². The summed E-state index contributed by atoms with van der Waals surface area (Å²) in [6.45, 7) is 0.945. The number of aliphatic carboxylic acids is 1. The molecule has 1 saturated carbocycles. The molecule has 2 rings (SSSR count). The van der Waals surface area contributed by atoms with Crippen LogP contribution in [-0.2, 0) is 11.3 Å². The van der Waals surface area contributed by atoms with Gasteiger partial charge in [0.05, 0.1) is 6.54 Å². The molecule has 0 saturated heterocycles. The van der Waals surface area contributed by atoms with Gasteiger partial charge in [-0.2, -0.15) is 11.3 Å². The molecule has 0 bridgehead atoms. The van der Waals surface area contributed by atoms with Gasteiger partial charge in [-0.3, -0.25) is 9.69 Å². The van der Waals surface area contributed by atoms with Crippen molar-refractivity contribution >= 4 is 17.3 Å². The Morgan fingerprint density at radius 3 is 2.93 bits per heavy atom. The lowest BCUT2D eigenvalue weighted by Crippen LogP contribution is -2.31. The third kappa shape index (κ3) is 2.56. The lowest BCUT2D eigenvalue weighted by atomic mass is 10.3. The van der Waals surface area contributed by atoms with E-state index in [2.05, 4.69) is 11.4 Å². The van der Waals surface area contributed by atoms with Gasteiger partial charge in [0.25, 0.3) is 0 Å². The van der Waals surface area contributed by atoms with E-state index >= 15 is 0 Å². The van der Waals surface area contributed by atoms with Crippen molar-refractivity contribution in [1.82, 2.24) is 4.90 Å². The number of hydrogen-bond donors (Lipinski definition) is 1. The van der Waals surface area contributed by atoms with Crippen molar-refractivity contribution in [2.75, 3.05) is 6.54 Å². The van der Waals surface area contributed by atoms with Gasteiger partial charge in [-0.05, 0) is 35.2 Å². The Kier molecular flexibility index (Phi) is 2.84. The summed E-state index contributed by atoms with van der Waals surface area (Å²) < 4.78 is 0. The molecule has 1 fully saturated rings. The minimum atomic E-state index is -0.730. The number of hydrogen-bond acceptors (Lipinski definition) is 3. The van der Waals surface area contributed by atoms with Gasteiger partial charge >= 0.3 is 5.97 Å². The summed E-state index contributed by atoms with van der Waals surface area (Å²) in [4.78, 5) is 12.7. The SMILES string of the molecule is O=C(O)CN(Cc1ccsc1)C1CC1. The summed E-state index contributed by atoms with van der Waals surface area (Å²) >= 11 is 1.66. The van der Waals surface area contributed by atoms with Gasteiger partial charge in [-0.15, -0.1) is 0 Å². The molecule has 1 aliphatic rings. The minimum absolute atomic E-state index is 0.167. The summed E-state index contributed by atoms with van der Waals surface area (Å²) in [6, 6.07) is 2.56. The molecular formula is C10H13NO2S. The summed E-state index contributed by atoms with van der Waals surface area (Å²) in [5.74, 6) is -0.730. The van der Waals surface area contributed by atoms with E-state index in [1.807, 2.05) is 10.3 Å². The zero-order valence-corrected chi connectivity index (χ0v) is 8.67. The largest absolute Gasteiger partial charge is 0.480 e. The zero-order chi connectivity index (χ0) is 9.97. The molecule has 3 nitrogen and oxygen atoms in total. The summed E-state index contributed by atoms with van der Waals surface area (Å²) in [6.07, 6.45) is 2.30. The average Bonchev–Trinajstić information content (AvgIpc) is 2.85. The monoisotopic (exact) mass is 211 g/mol. The van der Waals surface area contributed by atoms with E-state index in [0.717, 1.165) is 19.4 Å². The molecule has 0 amide bonds. The summed E-state index contributed by atoms with van der Waals surface area (Å²) in [5, 5.41) is 12.9. The molecular weight excluding hydrogens is 198 g/mol. The highest BCUT2D eigenvalue weighted by molar-refractivity contribution is 7.07. The van der Waals surface area contributed by atoms with Crippen molar-refractivity contribution in [3.8, 4) is 0 Å². The van der Waals surface area contributed by atoms with Crippen LogP contribution in [0.3, 0.4) is 0 Å². The van der Waals surface area contributed by atoms with E-state index in [-0.39, 0.29) is 6.54 Å². The van der Waals surface area contributed by atoms with E-state index in [0.29, 0.717) is 6.04 Å². The van der Waals surface area contributed by atoms with Crippen molar-refractivity contribution in [1.29, 1.82) is 0 Å². The molecule has 0 spiro atoms. The Labute approximate surface area is 87.0 Å². The third-order valence-corrected chi connectivity index (χ3v) is 3.10. The second-order valence-corrected chi connectivity index (χ2v) is 4.44. The first-order chi connectivity index (χ1) is 6.75. The molecule has 0 aromatic carbocycles. The summed E-state index contributed by atoms with van der Waals surface area (Å²) in [5.41, 5.74) is 1.23. The van der Waals surface area contributed by atoms with E-state index < -0.39 is 5.97 Å². The second-order valence-electron chi connectivity index (χ2n) is 3.66. The van der Waals surface area contributed by atoms with Crippen LogP contribution >= 0.6 is 11.3 Å². The highest BCUT2D eigenvalue weighted by Gasteiger charge is 2.30. The fraction of sp³-hybridized carbons (Fsp3) is 0.500. The Morgan fingerprint density at radius 1 is 1.64 bits per heavy atom. The smallest absolute Gasteiger partial charge is 0.317 e. The van der Waals surface area contributed by atoms with Crippen LogP contribution in [-0.4, -0.2) is 28.6 Å². The van der Waals surface area contributed by atoms with Crippen molar-refractivity contribution < 1.29 is 9.90 Å². The fourth-order valence-corrected chi connectivity index (χ4v) is 2.20. The molecule has 1 aromatic heterocycles. The van der Waals surface area contributed by atoms with Crippen LogP contribution in [0.2, 0.25) is 0 Å². The first-order valence-electron chi connectivity index (χ1n) is 4.72. The fourth-order valence-electron chi connectivity index (χ4n) is 1.54. The number of carbonyl (C=O) groups is 1. The molecule has 0 unspecified atom stereocenters. The van der Waals surface area contributed by atoms with E-state index in [4.69, 9.17) is 5.11 Å².